The molecule has 0 spiro atoms. The van der Waals surface area contributed by atoms with Crippen LogP contribution in [0, 0.1) is 0 Å². The van der Waals surface area contributed by atoms with E-state index in [1.165, 1.54) is 4.90 Å². The number of fused-ring (bicyclic) bond motifs is 1. The molecule has 6 nitrogen and oxygen atoms in total. The molecule has 1 aromatic rings. The van der Waals surface area contributed by atoms with Crippen molar-refractivity contribution >= 4 is 6.09 Å². The zero-order chi connectivity index (χ0) is 12.3. The van der Waals surface area contributed by atoms with E-state index in [2.05, 4.69) is 10.0 Å². The summed E-state index contributed by atoms with van der Waals surface area (Å²) >= 11 is 0. The summed E-state index contributed by atoms with van der Waals surface area (Å²) < 4.78 is 0. The second kappa shape index (κ2) is 4.76. The Labute approximate surface area is 98.1 Å². The number of carbonyl (C=O) groups is 1. The fourth-order valence-electron chi connectivity index (χ4n) is 2.19. The Bertz CT molecular complexity index is 482. The van der Waals surface area contributed by atoms with Gasteiger partial charge in [-0.15, -0.1) is 0 Å². The van der Waals surface area contributed by atoms with Crippen molar-refractivity contribution in [3.63, 3.8) is 0 Å². The quantitative estimate of drug-likeness (QED) is 0.482. The molecule has 1 amide bonds. The van der Waals surface area contributed by atoms with Gasteiger partial charge >= 0.3 is 6.09 Å². The minimum atomic E-state index is -0.974. The molecule has 2 rings (SSSR count). The summed E-state index contributed by atoms with van der Waals surface area (Å²) in [6.07, 6.45) is -0.271. The molecule has 0 radical (unpaired) electrons. The van der Waals surface area contributed by atoms with Crippen molar-refractivity contribution in [1.29, 1.82) is 0 Å². The minimum absolute atomic E-state index is 0.139. The van der Waals surface area contributed by atoms with Gasteiger partial charge in [0.15, 0.2) is 0 Å². The van der Waals surface area contributed by atoms with E-state index in [0.29, 0.717) is 13.0 Å². The van der Waals surface area contributed by atoms with E-state index in [4.69, 9.17) is 10.6 Å². The van der Waals surface area contributed by atoms with Gasteiger partial charge in [-0.3, -0.25) is 0 Å². The molecular weight excluding hydrogens is 220 g/mol. The Balaban J connectivity index is 2.38. The van der Waals surface area contributed by atoms with Crippen LogP contribution in [0.25, 0.3) is 10.4 Å². The normalized spacial score (nSPS) is 18.1. The summed E-state index contributed by atoms with van der Waals surface area (Å²) in [6.45, 7) is 0.581. The van der Waals surface area contributed by atoms with Gasteiger partial charge in [0.25, 0.3) is 0 Å². The summed E-state index contributed by atoms with van der Waals surface area (Å²) in [7, 11) is 0. The molecule has 0 aromatic heterocycles. The molecule has 1 aliphatic heterocycles. The van der Waals surface area contributed by atoms with Crippen molar-refractivity contribution in [2.24, 2.45) is 5.11 Å². The zero-order valence-electron chi connectivity index (χ0n) is 9.15. The van der Waals surface area contributed by atoms with Crippen LogP contribution < -0.4 is 0 Å². The van der Waals surface area contributed by atoms with Crippen molar-refractivity contribution in [2.45, 2.75) is 12.5 Å². The Hall–Kier alpha value is -2.20. The fourth-order valence-corrected chi connectivity index (χ4v) is 2.19. The number of hydrogen-bond acceptors (Lipinski definition) is 2. The molecule has 0 fully saturated rings. The van der Waals surface area contributed by atoms with Gasteiger partial charge in [-0.1, -0.05) is 29.4 Å². The van der Waals surface area contributed by atoms with E-state index >= 15 is 0 Å². The van der Waals surface area contributed by atoms with E-state index in [1.807, 2.05) is 24.3 Å². The molecule has 0 saturated heterocycles. The topological polar surface area (TPSA) is 89.3 Å². The van der Waals surface area contributed by atoms with Crippen molar-refractivity contribution in [3.8, 4) is 0 Å². The molecule has 1 N–H and O–H groups in total. The van der Waals surface area contributed by atoms with Crippen LogP contribution in [0.2, 0.25) is 0 Å². The molecule has 0 aliphatic carbocycles. The van der Waals surface area contributed by atoms with Crippen LogP contribution in [0.3, 0.4) is 0 Å². The monoisotopic (exact) mass is 232 g/mol. The van der Waals surface area contributed by atoms with Gasteiger partial charge in [0.05, 0.1) is 12.6 Å². The first-order valence-electron chi connectivity index (χ1n) is 5.32. The average molecular weight is 232 g/mol. The lowest BCUT2D eigenvalue weighted by Crippen LogP contribution is -2.40. The number of nitrogens with zero attached hydrogens (tertiary/aromatic N) is 4. The molecule has 17 heavy (non-hydrogen) atoms. The summed E-state index contributed by atoms with van der Waals surface area (Å²) in [5.41, 5.74) is 10.4. The van der Waals surface area contributed by atoms with Crippen LogP contribution in [0.15, 0.2) is 29.4 Å². The first-order valence-corrected chi connectivity index (χ1v) is 5.32. The van der Waals surface area contributed by atoms with E-state index in [-0.39, 0.29) is 12.6 Å². The standard InChI is InChI=1S/C11H12N4O2/c12-14-13-7-10-9-4-2-1-3-8(9)5-6-15(10)11(16)17/h1-4,10H,5-7H2,(H,16,17). The third kappa shape index (κ3) is 2.16. The lowest BCUT2D eigenvalue weighted by atomic mass is 9.93. The van der Waals surface area contributed by atoms with Crippen molar-refractivity contribution in [1.82, 2.24) is 4.90 Å². The van der Waals surface area contributed by atoms with Crippen LogP contribution in [0.4, 0.5) is 4.79 Å². The Morgan fingerprint density at radius 3 is 3.06 bits per heavy atom. The molecule has 0 saturated carbocycles. The molecule has 1 unspecified atom stereocenters. The smallest absolute Gasteiger partial charge is 0.407 e. The molecule has 0 bridgehead atoms. The summed E-state index contributed by atoms with van der Waals surface area (Å²) in [5, 5.41) is 12.6. The van der Waals surface area contributed by atoms with Gasteiger partial charge in [0.2, 0.25) is 0 Å². The van der Waals surface area contributed by atoms with Crippen LogP contribution in [0.1, 0.15) is 17.2 Å². The zero-order valence-corrected chi connectivity index (χ0v) is 9.15. The van der Waals surface area contributed by atoms with Crippen LogP contribution >= 0.6 is 0 Å². The van der Waals surface area contributed by atoms with Gasteiger partial charge in [0.1, 0.15) is 0 Å². The predicted molar refractivity (Wildman–Crippen MR) is 61.6 cm³/mol. The van der Waals surface area contributed by atoms with E-state index < -0.39 is 6.09 Å². The highest BCUT2D eigenvalue weighted by molar-refractivity contribution is 5.66. The molecule has 1 heterocycles. The van der Waals surface area contributed by atoms with E-state index in [1.54, 1.807) is 0 Å². The second-order valence-corrected chi connectivity index (χ2v) is 3.85. The highest BCUT2D eigenvalue weighted by atomic mass is 16.4. The molecule has 1 aliphatic rings. The maximum atomic E-state index is 11.1. The van der Waals surface area contributed by atoms with E-state index in [0.717, 1.165) is 11.1 Å². The van der Waals surface area contributed by atoms with Crippen LogP contribution in [-0.2, 0) is 6.42 Å². The third-order valence-electron chi connectivity index (χ3n) is 2.98. The van der Waals surface area contributed by atoms with Gasteiger partial charge in [-0.25, -0.2) is 4.79 Å². The number of rotatable bonds is 2. The molecule has 6 heteroatoms. The Morgan fingerprint density at radius 1 is 1.59 bits per heavy atom. The fraction of sp³-hybridized carbons (Fsp3) is 0.364. The molecule has 1 aromatic carbocycles. The SMILES string of the molecule is [N-]=[N+]=NCC1c2ccccc2CCN1C(=O)O. The highest BCUT2D eigenvalue weighted by Gasteiger charge is 2.29. The minimum Gasteiger partial charge on any atom is -0.465 e. The first kappa shape index (κ1) is 11.3. The van der Waals surface area contributed by atoms with Crippen molar-refractivity contribution < 1.29 is 9.90 Å². The number of azide groups is 1. The highest BCUT2D eigenvalue weighted by Crippen LogP contribution is 2.29. The molecular formula is C11H12N4O2. The number of benzene rings is 1. The lowest BCUT2D eigenvalue weighted by Gasteiger charge is -2.34. The summed E-state index contributed by atoms with van der Waals surface area (Å²) in [5.74, 6) is 0. The second-order valence-electron chi connectivity index (χ2n) is 3.85. The van der Waals surface area contributed by atoms with Gasteiger partial charge in [0, 0.05) is 11.5 Å². The third-order valence-corrected chi connectivity index (χ3v) is 2.98. The first-order chi connectivity index (χ1) is 8.24. The summed E-state index contributed by atoms with van der Waals surface area (Å²) in [6, 6.07) is 7.31. The Morgan fingerprint density at radius 2 is 2.35 bits per heavy atom. The predicted octanol–water partition coefficient (Wildman–Crippen LogP) is 2.57. The van der Waals surface area contributed by atoms with Crippen LogP contribution in [-0.4, -0.2) is 29.2 Å². The average Bonchev–Trinajstić information content (AvgIpc) is 2.35. The van der Waals surface area contributed by atoms with Gasteiger partial charge < -0.3 is 10.0 Å². The van der Waals surface area contributed by atoms with Crippen molar-refractivity contribution in [3.05, 3.63) is 45.8 Å². The Kier molecular flexibility index (Phi) is 3.16. The maximum absolute atomic E-state index is 11.1. The van der Waals surface area contributed by atoms with Crippen LogP contribution in [0.5, 0.6) is 0 Å². The molecule has 1 atom stereocenters. The maximum Gasteiger partial charge on any atom is 0.407 e. The number of carboxylic acid groups (broad SMARTS) is 1. The molecule has 88 valence electrons. The largest absolute Gasteiger partial charge is 0.465 e. The van der Waals surface area contributed by atoms with Gasteiger partial charge in [-0.05, 0) is 23.1 Å². The number of amides is 1. The lowest BCUT2D eigenvalue weighted by molar-refractivity contribution is 0.122. The van der Waals surface area contributed by atoms with Gasteiger partial charge in [-0.2, -0.15) is 0 Å². The van der Waals surface area contributed by atoms with E-state index in [9.17, 15) is 4.79 Å². The number of hydrogen-bond donors (Lipinski definition) is 1. The summed E-state index contributed by atoms with van der Waals surface area (Å²) in [4.78, 5) is 15.2. The van der Waals surface area contributed by atoms with Crippen molar-refractivity contribution in [2.75, 3.05) is 13.1 Å².